The first-order valence-electron chi connectivity index (χ1n) is 5.96. The van der Waals surface area contributed by atoms with Crippen molar-refractivity contribution in [2.24, 2.45) is 0 Å². The second kappa shape index (κ2) is 6.27. The highest BCUT2D eigenvalue weighted by Gasteiger charge is 2.30. The smallest absolute Gasteiger partial charge is 0.255 e. The van der Waals surface area contributed by atoms with Crippen molar-refractivity contribution >= 4 is 45.0 Å². The monoisotopic (exact) mass is 349 g/mol. The molecule has 98 valence electrons. The molecule has 2 nitrogen and oxygen atoms in total. The van der Waals surface area contributed by atoms with Crippen molar-refractivity contribution in [2.45, 2.75) is 25.3 Å². The first-order valence-corrected chi connectivity index (χ1v) is 7.84. The van der Waals surface area contributed by atoms with Crippen molar-refractivity contribution in [1.29, 1.82) is 0 Å². The zero-order chi connectivity index (χ0) is 13.1. The second-order valence-electron chi connectivity index (χ2n) is 4.37. The van der Waals surface area contributed by atoms with E-state index in [0.29, 0.717) is 28.2 Å². The van der Waals surface area contributed by atoms with Crippen LogP contribution in [0.15, 0.2) is 18.2 Å². The number of hydrogen-bond donors (Lipinski definition) is 0. The summed E-state index contributed by atoms with van der Waals surface area (Å²) in [6.07, 6.45) is 3.36. The minimum Gasteiger partial charge on any atom is -0.335 e. The summed E-state index contributed by atoms with van der Waals surface area (Å²) in [6.45, 7) is 0.701. The maximum atomic E-state index is 12.5. The van der Waals surface area contributed by atoms with Gasteiger partial charge in [-0.25, -0.2) is 0 Å². The number of halogens is 3. The molecule has 0 unspecified atom stereocenters. The highest BCUT2D eigenvalue weighted by molar-refractivity contribution is 9.09. The molecule has 0 bridgehead atoms. The van der Waals surface area contributed by atoms with E-state index in [4.69, 9.17) is 23.2 Å². The lowest BCUT2D eigenvalue weighted by Crippen LogP contribution is -2.45. The van der Waals surface area contributed by atoms with E-state index in [2.05, 4.69) is 15.9 Å². The Kier molecular flexibility index (Phi) is 4.93. The zero-order valence-electron chi connectivity index (χ0n) is 9.83. The maximum Gasteiger partial charge on any atom is 0.255 e. The molecule has 0 atom stereocenters. The highest BCUT2D eigenvalue weighted by atomic mass is 79.9. The number of hydrogen-bond acceptors (Lipinski definition) is 1. The third-order valence-electron chi connectivity index (χ3n) is 3.28. The standard InChI is InChI=1S/C13H14BrCl2NO/c14-7-8-17(9-3-1-4-9)13(18)10-5-2-6-11(15)12(10)16/h2,5-6,9H,1,3-4,7-8H2. The molecule has 1 saturated carbocycles. The van der Waals surface area contributed by atoms with Gasteiger partial charge in [-0.2, -0.15) is 0 Å². The highest BCUT2D eigenvalue weighted by Crippen LogP contribution is 2.30. The number of rotatable bonds is 4. The fraction of sp³-hybridized carbons (Fsp3) is 0.462. The predicted octanol–water partition coefficient (Wildman–Crippen LogP) is 4.38. The Bertz CT molecular complexity index is 449. The molecule has 1 aromatic rings. The Morgan fingerprint density at radius 2 is 2.11 bits per heavy atom. The van der Waals surface area contributed by atoms with Gasteiger partial charge in [-0.05, 0) is 31.4 Å². The fourth-order valence-corrected chi connectivity index (χ4v) is 2.83. The van der Waals surface area contributed by atoms with Gasteiger partial charge in [0, 0.05) is 17.9 Å². The van der Waals surface area contributed by atoms with Crippen LogP contribution in [0.1, 0.15) is 29.6 Å². The van der Waals surface area contributed by atoms with Crippen molar-refractivity contribution in [3.63, 3.8) is 0 Å². The fourth-order valence-electron chi connectivity index (χ4n) is 2.06. The molecule has 1 aliphatic carbocycles. The average molecular weight is 351 g/mol. The van der Waals surface area contributed by atoms with Crippen LogP contribution >= 0.6 is 39.1 Å². The molecule has 1 aliphatic rings. The third-order valence-corrected chi connectivity index (χ3v) is 4.46. The second-order valence-corrected chi connectivity index (χ2v) is 5.95. The maximum absolute atomic E-state index is 12.5. The SMILES string of the molecule is O=C(c1cccc(Cl)c1Cl)N(CCBr)C1CCC1. The van der Waals surface area contributed by atoms with Crippen LogP contribution in [0.25, 0.3) is 0 Å². The summed E-state index contributed by atoms with van der Waals surface area (Å²) in [7, 11) is 0. The molecule has 1 amide bonds. The van der Waals surface area contributed by atoms with Crippen molar-refractivity contribution in [1.82, 2.24) is 4.90 Å². The molecular formula is C13H14BrCl2NO. The molecule has 0 N–H and O–H groups in total. The van der Waals surface area contributed by atoms with Gasteiger partial charge < -0.3 is 4.90 Å². The summed E-state index contributed by atoms with van der Waals surface area (Å²) in [5.41, 5.74) is 0.497. The van der Waals surface area contributed by atoms with E-state index in [-0.39, 0.29) is 5.91 Å². The summed E-state index contributed by atoms with van der Waals surface area (Å²) in [6, 6.07) is 5.54. The normalized spacial score (nSPS) is 15.3. The lowest BCUT2D eigenvalue weighted by Gasteiger charge is -2.37. The van der Waals surface area contributed by atoms with Gasteiger partial charge in [0.15, 0.2) is 0 Å². The minimum atomic E-state index is -0.0216. The Balaban J connectivity index is 2.24. The minimum absolute atomic E-state index is 0.0216. The molecule has 0 heterocycles. The van der Waals surface area contributed by atoms with Crippen molar-refractivity contribution < 1.29 is 4.79 Å². The first-order chi connectivity index (χ1) is 8.65. The van der Waals surface area contributed by atoms with Gasteiger partial charge in [-0.1, -0.05) is 45.2 Å². The Labute approximate surface area is 125 Å². The van der Waals surface area contributed by atoms with Crippen molar-refractivity contribution in [2.75, 3.05) is 11.9 Å². The van der Waals surface area contributed by atoms with Crippen LogP contribution in [0.2, 0.25) is 10.0 Å². The van der Waals surface area contributed by atoms with Gasteiger partial charge in [-0.15, -0.1) is 0 Å². The first kappa shape index (κ1) is 14.2. The van der Waals surface area contributed by atoms with Crippen LogP contribution in [-0.4, -0.2) is 28.7 Å². The summed E-state index contributed by atoms with van der Waals surface area (Å²) < 4.78 is 0. The zero-order valence-corrected chi connectivity index (χ0v) is 12.9. The molecule has 2 rings (SSSR count). The van der Waals surface area contributed by atoms with E-state index in [1.165, 1.54) is 6.42 Å². The van der Waals surface area contributed by atoms with Gasteiger partial charge in [0.05, 0.1) is 15.6 Å². The predicted molar refractivity (Wildman–Crippen MR) is 78.9 cm³/mol. The van der Waals surface area contributed by atoms with Crippen LogP contribution < -0.4 is 0 Å². The number of benzene rings is 1. The van der Waals surface area contributed by atoms with Crippen molar-refractivity contribution in [3.8, 4) is 0 Å². The van der Waals surface area contributed by atoms with Gasteiger partial charge in [0.25, 0.3) is 5.91 Å². The van der Waals surface area contributed by atoms with Gasteiger partial charge >= 0.3 is 0 Å². The Morgan fingerprint density at radius 3 is 2.67 bits per heavy atom. The van der Waals surface area contributed by atoms with Crippen LogP contribution in [0, 0.1) is 0 Å². The van der Waals surface area contributed by atoms with E-state index < -0.39 is 0 Å². The van der Waals surface area contributed by atoms with Crippen molar-refractivity contribution in [3.05, 3.63) is 33.8 Å². The third kappa shape index (κ3) is 2.84. The number of carbonyl (C=O) groups excluding carboxylic acids is 1. The molecule has 18 heavy (non-hydrogen) atoms. The van der Waals surface area contributed by atoms with E-state index in [9.17, 15) is 4.79 Å². The number of nitrogens with zero attached hydrogens (tertiary/aromatic N) is 1. The van der Waals surface area contributed by atoms with Crippen LogP contribution in [-0.2, 0) is 0 Å². The van der Waals surface area contributed by atoms with Gasteiger partial charge in [0.1, 0.15) is 0 Å². The summed E-state index contributed by atoms with van der Waals surface area (Å²) in [4.78, 5) is 14.4. The average Bonchev–Trinajstić information content (AvgIpc) is 2.29. The topological polar surface area (TPSA) is 20.3 Å². The van der Waals surface area contributed by atoms with Crippen LogP contribution in [0.3, 0.4) is 0 Å². The Morgan fingerprint density at radius 1 is 1.39 bits per heavy atom. The molecular weight excluding hydrogens is 337 g/mol. The lowest BCUT2D eigenvalue weighted by molar-refractivity contribution is 0.0600. The van der Waals surface area contributed by atoms with Crippen LogP contribution in [0.5, 0.6) is 0 Å². The number of alkyl halides is 1. The molecule has 0 saturated heterocycles. The molecule has 0 radical (unpaired) electrons. The molecule has 0 aromatic heterocycles. The summed E-state index contributed by atoms with van der Waals surface area (Å²) >= 11 is 15.5. The van der Waals surface area contributed by atoms with Gasteiger partial charge in [-0.3, -0.25) is 4.79 Å². The summed E-state index contributed by atoms with van der Waals surface area (Å²) in [5, 5.41) is 1.55. The number of carbonyl (C=O) groups is 1. The lowest BCUT2D eigenvalue weighted by atomic mass is 9.91. The molecule has 1 aromatic carbocycles. The van der Waals surface area contributed by atoms with E-state index in [1.807, 2.05) is 4.90 Å². The number of amides is 1. The Hall–Kier alpha value is -0.250. The van der Waals surface area contributed by atoms with E-state index in [1.54, 1.807) is 18.2 Å². The van der Waals surface area contributed by atoms with E-state index in [0.717, 1.165) is 18.2 Å². The molecule has 5 heteroatoms. The molecule has 0 aliphatic heterocycles. The largest absolute Gasteiger partial charge is 0.335 e. The quantitative estimate of drug-likeness (QED) is 0.738. The van der Waals surface area contributed by atoms with Gasteiger partial charge in [0.2, 0.25) is 0 Å². The summed E-state index contributed by atoms with van der Waals surface area (Å²) in [5.74, 6) is -0.0216. The van der Waals surface area contributed by atoms with Crippen LogP contribution in [0.4, 0.5) is 0 Å². The van der Waals surface area contributed by atoms with E-state index >= 15 is 0 Å². The molecule has 1 fully saturated rings. The molecule has 0 spiro atoms.